The first kappa shape index (κ1) is 20.4. The summed E-state index contributed by atoms with van der Waals surface area (Å²) in [4.78, 5) is 11.6. The summed E-state index contributed by atoms with van der Waals surface area (Å²) >= 11 is 0. The van der Waals surface area contributed by atoms with Gasteiger partial charge in [0.1, 0.15) is 0 Å². The molecule has 0 aliphatic rings. The summed E-state index contributed by atoms with van der Waals surface area (Å²) in [5, 5.41) is 2.58. The molecule has 5 nitrogen and oxygen atoms in total. The van der Waals surface area contributed by atoms with E-state index in [1.54, 1.807) is 6.92 Å². The third-order valence-corrected chi connectivity index (χ3v) is 4.30. The van der Waals surface area contributed by atoms with E-state index < -0.39 is 21.9 Å². The number of rotatable bonds is 13. The van der Waals surface area contributed by atoms with Crippen LogP contribution >= 0.6 is 0 Å². The minimum absolute atomic E-state index is 0.144. The molecule has 1 atom stereocenters. The predicted molar refractivity (Wildman–Crippen MR) is 85.9 cm³/mol. The minimum Gasteiger partial charge on any atom is -0.353 e. The highest BCUT2D eigenvalue weighted by Gasteiger charge is 2.14. The Bertz CT molecular complexity index is 368. The number of nitrogens with one attached hydrogen (secondary N) is 1. The van der Waals surface area contributed by atoms with E-state index in [9.17, 15) is 13.2 Å². The Kier molecular flexibility index (Phi) is 11.6. The fourth-order valence-electron chi connectivity index (χ4n) is 2.30. The Hall–Kier alpha value is -0.620. The van der Waals surface area contributed by atoms with Crippen LogP contribution in [0.15, 0.2) is 0 Å². The van der Waals surface area contributed by atoms with Crippen LogP contribution in [-0.4, -0.2) is 30.7 Å². The normalized spacial score (nSPS) is 13.1. The molecule has 0 aromatic heterocycles. The van der Waals surface area contributed by atoms with E-state index in [2.05, 4.69) is 12.2 Å². The van der Waals surface area contributed by atoms with Crippen LogP contribution in [0.3, 0.4) is 0 Å². The summed E-state index contributed by atoms with van der Waals surface area (Å²) in [6, 6.07) is -0.550. The average Bonchev–Trinajstić information content (AvgIpc) is 2.34. The van der Waals surface area contributed by atoms with Gasteiger partial charge in [-0.2, -0.15) is 8.42 Å². The number of carbonyl (C=O) groups is 1. The lowest BCUT2D eigenvalue weighted by atomic mass is 10.1. The summed E-state index contributed by atoms with van der Waals surface area (Å²) in [7, 11) is -4.03. The molecule has 1 amide bonds. The van der Waals surface area contributed by atoms with Crippen molar-refractivity contribution in [2.75, 3.05) is 5.75 Å². The topological polar surface area (TPSA) is 83.5 Å². The third-order valence-electron chi connectivity index (χ3n) is 3.38. The maximum atomic E-state index is 11.6. The van der Waals surface area contributed by atoms with Crippen LogP contribution in [0.5, 0.6) is 0 Å². The molecule has 21 heavy (non-hydrogen) atoms. The van der Waals surface area contributed by atoms with Gasteiger partial charge in [-0.3, -0.25) is 9.35 Å². The van der Waals surface area contributed by atoms with Gasteiger partial charge < -0.3 is 5.32 Å². The number of amides is 1. The quantitative estimate of drug-likeness (QED) is 0.403. The highest BCUT2D eigenvalue weighted by Crippen LogP contribution is 2.10. The lowest BCUT2D eigenvalue weighted by Crippen LogP contribution is -2.37. The van der Waals surface area contributed by atoms with Crippen LogP contribution < -0.4 is 5.32 Å². The fraction of sp³-hybridized carbons (Fsp3) is 0.933. The monoisotopic (exact) mass is 321 g/mol. The molecular formula is C15H31NO4S. The van der Waals surface area contributed by atoms with Gasteiger partial charge in [-0.05, 0) is 13.3 Å². The Balaban J connectivity index is 3.46. The Morgan fingerprint density at radius 2 is 1.48 bits per heavy atom. The van der Waals surface area contributed by atoms with Gasteiger partial charge in [0.15, 0.2) is 0 Å². The number of unbranched alkanes of at least 4 members (excludes halogenated alkanes) is 8. The molecule has 0 saturated heterocycles. The van der Waals surface area contributed by atoms with Crippen molar-refractivity contribution >= 4 is 16.0 Å². The summed E-state index contributed by atoms with van der Waals surface area (Å²) in [5.41, 5.74) is 0. The first-order valence-corrected chi connectivity index (χ1v) is 9.70. The average molecular weight is 321 g/mol. The summed E-state index contributed by atoms with van der Waals surface area (Å²) in [5.74, 6) is -0.578. The highest BCUT2D eigenvalue weighted by atomic mass is 32.2. The predicted octanol–water partition coefficient (Wildman–Crippen LogP) is 3.30. The molecule has 0 aromatic rings. The van der Waals surface area contributed by atoms with Crippen LogP contribution in [0.4, 0.5) is 0 Å². The third kappa shape index (κ3) is 15.6. The van der Waals surface area contributed by atoms with Crippen molar-refractivity contribution in [2.24, 2.45) is 0 Å². The number of hydrogen-bond donors (Lipinski definition) is 2. The van der Waals surface area contributed by atoms with E-state index in [1.807, 2.05) is 0 Å². The molecule has 2 N–H and O–H groups in total. The van der Waals surface area contributed by atoms with Crippen molar-refractivity contribution in [1.82, 2.24) is 5.32 Å². The standard InChI is InChI=1S/C15H31NO4S/c1-3-4-5-6-7-8-9-10-11-12-15(17)16-14(2)13-21(18,19)20/h14H,3-13H2,1-2H3,(H,16,17)(H,18,19,20). The molecule has 0 aromatic carbocycles. The lowest BCUT2D eigenvalue weighted by molar-refractivity contribution is -0.121. The molecular weight excluding hydrogens is 290 g/mol. The molecule has 0 radical (unpaired) electrons. The second kappa shape index (κ2) is 12.0. The SMILES string of the molecule is CCCCCCCCCCCC(=O)NC(C)CS(=O)(=O)O. The van der Waals surface area contributed by atoms with Gasteiger partial charge in [0.25, 0.3) is 10.1 Å². The van der Waals surface area contributed by atoms with E-state index in [1.165, 1.54) is 38.5 Å². The van der Waals surface area contributed by atoms with Crippen molar-refractivity contribution in [2.45, 2.75) is 84.1 Å². The number of hydrogen-bond acceptors (Lipinski definition) is 3. The van der Waals surface area contributed by atoms with E-state index in [0.29, 0.717) is 6.42 Å². The van der Waals surface area contributed by atoms with Crippen LogP contribution in [0.25, 0.3) is 0 Å². The summed E-state index contributed by atoms with van der Waals surface area (Å²) in [6.07, 6.45) is 11.2. The van der Waals surface area contributed by atoms with Gasteiger partial charge in [-0.25, -0.2) is 0 Å². The molecule has 1 unspecified atom stereocenters. The molecule has 126 valence electrons. The maximum Gasteiger partial charge on any atom is 0.266 e. The van der Waals surface area contributed by atoms with Crippen LogP contribution in [0, 0.1) is 0 Å². The zero-order valence-corrected chi connectivity index (χ0v) is 14.3. The Labute approximate surface area is 129 Å². The number of carbonyl (C=O) groups excluding carboxylic acids is 1. The van der Waals surface area contributed by atoms with Gasteiger partial charge >= 0.3 is 0 Å². The molecule has 0 aliphatic carbocycles. The molecule has 0 heterocycles. The lowest BCUT2D eigenvalue weighted by Gasteiger charge is -2.11. The molecule has 0 fully saturated rings. The summed E-state index contributed by atoms with van der Waals surface area (Å²) < 4.78 is 30.0. The summed E-state index contributed by atoms with van der Waals surface area (Å²) in [6.45, 7) is 3.78. The van der Waals surface area contributed by atoms with Crippen molar-refractivity contribution in [1.29, 1.82) is 0 Å². The van der Waals surface area contributed by atoms with E-state index in [4.69, 9.17) is 4.55 Å². The maximum absolute atomic E-state index is 11.6. The van der Waals surface area contributed by atoms with Crippen LogP contribution in [-0.2, 0) is 14.9 Å². The Morgan fingerprint density at radius 3 is 1.95 bits per heavy atom. The van der Waals surface area contributed by atoms with E-state index in [-0.39, 0.29) is 5.91 Å². The second-order valence-electron chi connectivity index (χ2n) is 5.80. The van der Waals surface area contributed by atoms with Crippen molar-refractivity contribution in [3.8, 4) is 0 Å². The van der Waals surface area contributed by atoms with E-state index in [0.717, 1.165) is 19.3 Å². The fourth-order valence-corrected chi connectivity index (χ4v) is 3.02. The largest absolute Gasteiger partial charge is 0.353 e. The molecule has 0 spiro atoms. The van der Waals surface area contributed by atoms with Gasteiger partial charge in [0.2, 0.25) is 5.91 Å². The van der Waals surface area contributed by atoms with Crippen LogP contribution in [0.1, 0.15) is 78.1 Å². The van der Waals surface area contributed by atoms with Crippen molar-refractivity contribution < 1.29 is 17.8 Å². The van der Waals surface area contributed by atoms with E-state index >= 15 is 0 Å². The smallest absolute Gasteiger partial charge is 0.266 e. The second-order valence-corrected chi connectivity index (χ2v) is 7.29. The van der Waals surface area contributed by atoms with Gasteiger partial charge in [0, 0.05) is 12.5 Å². The molecule has 0 saturated carbocycles. The van der Waals surface area contributed by atoms with Gasteiger partial charge in [0.05, 0.1) is 5.75 Å². The zero-order chi connectivity index (χ0) is 16.1. The van der Waals surface area contributed by atoms with Crippen LogP contribution in [0.2, 0.25) is 0 Å². The first-order valence-electron chi connectivity index (χ1n) is 8.09. The molecule has 6 heteroatoms. The van der Waals surface area contributed by atoms with Crippen molar-refractivity contribution in [3.63, 3.8) is 0 Å². The minimum atomic E-state index is -4.03. The zero-order valence-electron chi connectivity index (χ0n) is 13.4. The van der Waals surface area contributed by atoms with Gasteiger partial charge in [-0.15, -0.1) is 0 Å². The Morgan fingerprint density at radius 1 is 1.00 bits per heavy atom. The molecule has 0 bridgehead atoms. The molecule has 0 aliphatic heterocycles. The molecule has 0 rings (SSSR count). The highest BCUT2D eigenvalue weighted by molar-refractivity contribution is 7.85. The first-order chi connectivity index (χ1) is 9.85. The van der Waals surface area contributed by atoms with Gasteiger partial charge in [-0.1, -0.05) is 58.3 Å². The van der Waals surface area contributed by atoms with Crippen molar-refractivity contribution in [3.05, 3.63) is 0 Å².